The molecule has 0 spiro atoms. The smallest absolute Gasteiger partial charge is 0.282 e. The standard InChI is InChI=1S/C12H14BrN3O2S/c1-8-4-9(2)6-10(5-8)16(3)19(17,18)12-11(13)14-7-15-12/h4-7H,1-3H3,(H,14,15). The van der Waals surface area contributed by atoms with Gasteiger partial charge < -0.3 is 4.98 Å². The lowest BCUT2D eigenvalue weighted by Gasteiger charge is -2.19. The number of aromatic nitrogens is 2. The van der Waals surface area contributed by atoms with E-state index in [0.717, 1.165) is 11.1 Å². The molecule has 0 saturated heterocycles. The van der Waals surface area contributed by atoms with Crippen LogP contribution in [0, 0.1) is 13.8 Å². The minimum Gasteiger partial charge on any atom is -0.333 e. The van der Waals surface area contributed by atoms with Crippen LogP contribution in [0.4, 0.5) is 5.69 Å². The number of benzene rings is 1. The van der Waals surface area contributed by atoms with Gasteiger partial charge in [-0.15, -0.1) is 0 Å². The first kappa shape index (κ1) is 14.1. The second-order valence-corrected chi connectivity index (χ2v) is 7.00. The molecule has 0 fully saturated rings. The zero-order valence-electron chi connectivity index (χ0n) is 10.8. The molecule has 1 aromatic carbocycles. The Bertz CT molecular complexity index is 689. The topological polar surface area (TPSA) is 66.1 Å². The summed E-state index contributed by atoms with van der Waals surface area (Å²) in [7, 11) is -2.12. The van der Waals surface area contributed by atoms with Gasteiger partial charge in [-0.1, -0.05) is 6.07 Å². The summed E-state index contributed by atoms with van der Waals surface area (Å²) >= 11 is 3.12. The van der Waals surface area contributed by atoms with E-state index in [1.54, 1.807) is 0 Å². The normalized spacial score (nSPS) is 11.6. The third kappa shape index (κ3) is 2.66. The maximum atomic E-state index is 12.5. The summed E-state index contributed by atoms with van der Waals surface area (Å²) in [4.78, 5) is 6.49. The van der Waals surface area contributed by atoms with E-state index in [0.29, 0.717) is 5.69 Å². The van der Waals surface area contributed by atoms with Crippen molar-refractivity contribution >= 4 is 31.6 Å². The number of anilines is 1. The number of nitrogens with zero attached hydrogens (tertiary/aromatic N) is 2. The van der Waals surface area contributed by atoms with Gasteiger partial charge in [0.15, 0.2) is 5.03 Å². The van der Waals surface area contributed by atoms with E-state index in [2.05, 4.69) is 25.9 Å². The third-order valence-corrected chi connectivity index (χ3v) is 5.37. The van der Waals surface area contributed by atoms with Crippen LogP contribution < -0.4 is 4.31 Å². The van der Waals surface area contributed by atoms with E-state index >= 15 is 0 Å². The SMILES string of the molecule is Cc1cc(C)cc(N(C)S(=O)(=O)c2[nH]cnc2Br)c1. The summed E-state index contributed by atoms with van der Waals surface area (Å²) in [6, 6.07) is 5.65. The van der Waals surface area contributed by atoms with Crippen LogP contribution in [0.2, 0.25) is 0 Å². The quantitative estimate of drug-likeness (QED) is 0.931. The molecule has 0 radical (unpaired) electrons. The van der Waals surface area contributed by atoms with Crippen molar-refractivity contribution in [1.82, 2.24) is 9.97 Å². The van der Waals surface area contributed by atoms with Crippen molar-refractivity contribution in [3.63, 3.8) is 0 Å². The summed E-state index contributed by atoms with van der Waals surface area (Å²) in [5.74, 6) is 0. The average Bonchev–Trinajstić information content (AvgIpc) is 2.73. The third-order valence-electron chi connectivity index (χ3n) is 2.75. The van der Waals surface area contributed by atoms with Crippen LogP contribution in [0.1, 0.15) is 11.1 Å². The van der Waals surface area contributed by atoms with Crippen molar-refractivity contribution in [3.05, 3.63) is 40.3 Å². The van der Waals surface area contributed by atoms with E-state index in [9.17, 15) is 8.42 Å². The highest BCUT2D eigenvalue weighted by Crippen LogP contribution is 2.26. The van der Waals surface area contributed by atoms with E-state index in [1.165, 1.54) is 17.7 Å². The van der Waals surface area contributed by atoms with Crippen LogP contribution in [-0.4, -0.2) is 25.4 Å². The monoisotopic (exact) mass is 343 g/mol. The van der Waals surface area contributed by atoms with Crippen LogP contribution in [0.5, 0.6) is 0 Å². The molecule has 5 nitrogen and oxygen atoms in total. The molecule has 0 saturated carbocycles. The summed E-state index contributed by atoms with van der Waals surface area (Å²) in [6.07, 6.45) is 1.34. The number of aryl methyl sites for hydroxylation is 2. The number of rotatable bonds is 3. The second-order valence-electron chi connectivity index (χ2n) is 4.34. The van der Waals surface area contributed by atoms with E-state index in [-0.39, 0.29) is 9.63 Å². The fourth-order valence-corrected chi connectivity index (χ4v) is 3.81. The van der Waals surface area contributed by atoms with Crippen molar-refractivity contribution in [2.75, 3.05) is 11.4 Å². The van der Waals surface area contributed by atoms with Gasteiger partial charge in [0, 0.05) is 7.05 Å². The Morgan fingerprint density at radius 2 is 1.79 bits per heavy atom. The molecule has 2 rings (SSSR count). The van der Waals surface area contributed by atoms with Crippen molar-refractivity contribution < 1.29 is 8.42 Å². The molecule has 0 atom stereocenters. The van der Waals surface area contributed by atoms with Crippen molar-refractivity contribution in [2.45, 2.75) is 18.9 Å². The molecule has 0 bridgehead atoms. The Morgan fingerprint density at radius 1 is 1.21 bits per heavy atom. The van der Waals surface area contributed by atoms with E-state index < -0.39 is 10.0 Å². The van der Waals surface area contributed by atoms with Crippen molar-refractivity contribution in [1.29, 1.82) is 0 Å². The van der Waals surface area contributed by atoms with Crippen molar-refractivity contribution in [2.24, 2.45) is 0 Å². The first-order valence-electron chi connectivity index (χ1n) is 5.58. The van der Waals surface area contributed by atoms with Gasteiger partial charge in [-0.25, -0.2) is 4.98 Å². The Labute approximate surface area is 120 Å². The fraction of sp³-hybridized carbons (Fsp3) is 0.250. The van der Waals surface area contributed by atoms with Gasteiger partial charge in [-0.05, 0) is 53.0 Å². The largest absolute Gasteiger partial charge is 0.333 e. The average molecular weight is 344 g/mol. The Hall–Kier alpha value is -1.34. The number of aromatic amines is 1. The fourth-order valence-electron chi connectivity index (χ4n) is 1.85. The molecular formula is C12H14BrN3O2S. The summed E-state index contributed by atoms with van der Waals surface area (Å²) in [5.41, 5.74) is 2.65. The Kier molecular flexibility index (Phi) is 3.69. The predicted molar refractivity (Wildman–Crippen MR) is 77.8 cm³/mol. The predicted octanol–water partition coefficient (Wildman–Crippen LogP) is 2.61. The minimum atomic E-state index is -3.64. The van der Waals surface area contributed by atoms with E-state index in [1.807, 2.05) is 32.0 Å². The number of nitrogens with one attached hydrogen (secondary N) is 1. The van der Waals surface area contributed by atoms with Gasteiger partial charge in [-0.3, -0.25) is 4.31 Å². The maximum absolute atomic E-state index is 12.5. The van der Waals surface area contributed by atoms with Gasteiger partial charge in [-0.2, -0.15) is 8.42 Å². The van der Waals surface area contributed by atoms with Crippen LogP contribution in [0.25, 0.3) is 0 Å². The highest BCUT2D eigenvalue weighted by molar-refractivity contribution is 9.10. The van der Waals surface area contributed by atoms with Crippen LogP contribution in [-0.2, 0) is 10.0 Å². The Morgan fingerprint density at radius 3 is 2.26 bits per heavy atom. The molecule has 2 aromatic rings. The summed E-state index contributed by atoms with van der Waals surface area (Å²) in [5, 5.41) is 0.0501. The van der Waals surface area contributed by atoms with Gasteiger partial charge in [0.1, 0.15) is 4.60 Å². The molecule has 0 aliphatic heterocycles. The van der Waals surface area contributed by atoms with Crippen LogP contribution >= 0.6 is 15.9 Å². The molecular weight excluding hydrogens is 330 g/mol. The molecule has 19 heavy (non-hydrogen) atoms. The number of halogens is 1. The lowest BCUT2D eigenvalue weighted by molar-refractivity contribution is 0.590. The lowest BCUT2D eigenvalue weighted by Crippen LogP contribution is -2.27. The van der Waals surface area contributed by atoms with Crippen molar-refractivity contribution in [3.8, 4) is 0 Å². The minimum absolute atomic E-state index is 0.0501. The number of sulfonamides is 1. The number of H-pyrrole nitrogens is 1. The molecule has 7 heteroatoms. The maximum Gasteiger partial charge on any atom is 0.282 e. The van der Waals surface area contributed by atoms with Crippen LogP contribution in [0.15, 0.2) is 34.2 Å². The van der Waals surface area contributed by atoms with Gasteiger partial charge in [0.2, 0.25) is 0 Å². The number of imidazole rings is 1. The Balaban J connectivity index is 2.49. The first-order valence-corrected chi connectivity index (χ1v) is 7.82. The molecule has 102 valence electrons. The highest BCUT2D eigenvalue weighted by Gasteiger charge is 2.26. The zero-order valence-corrected chi connectivity index (χ0v) is 13.2. The molecule has 1 heterocycles. The molecule has 0 aliphatic rings. The molecule has 0 amide bonds. The molecule has 0 aliphatic carbocycles. The van der Waals surface area contributed by atoms with Gasteiger partial charge in [0.05, 0.1) is 12.0 Å². The lowest BCUT2D eigenvalue weighted by atomic mass is 10.1. The first-order chi connectivity index (χ1) is 8.82. The highest BCUT2D eigenvalue weighted by atomic mass is 79.9. The summed E-state index contributed by atoms with van der Waals surface area (Å²) in [6.45, 7) is 3.87. The number of hydrogen-bond acceptors (Lipinski definition) is 3. The molecule has 0 unspecified atom stereocenters. The second kappa shape index (κ2) is 4.97. The van der Waals surface area contributed by atoms with Gasteiger partial charge in [0.25, 0.3) is 10.0 Å². The zero-order chi connectivity index (χ0) is 14.2. The summed E-state index contributed by atoms with van der Waals surface area (Å²) < 4.78 is 26.4. The molecule has 1 N–H and O–H groups in total. The number of hydrogen-bond donors (Lipinski definition) is 1. The van der Waals surface area contributed by atoms with Crippen LogP contribution in [0.3, 0.4) is 0 Å². The van der Waals surface area contributed by atoms with Gasteiger partial charge >= 0.3 is 0 Å². The van der Waals surface area contributed by atoms with E-state index in [4.69, 9.17) is 0 Å². The molecule has 1 aromatic heterocycles.